The summed E-state index contributed by atoms with van der Waals surface area (Å²) in [6, 6.07) is 15.8. The SMILES string of the molecule is O=C1COCC2(CN(Cc3ccc4c(c3)OCCO4)CCO2)CN1c1ccccc1. The summed E-state index contributed by atoms with van der Waals surface area (Å²) in [5.41, 5.74) is 1.50. The highest BCUT2D eigenvalue weighted by atomic mass is 16.6. The highest BCUT2D eigenvalue weighted by Gasteiger charge is 2.42. The molecule has 2 saturated heterocycles. The Kier molecular flexibility index (Phi) is 5.33. The number of hydrogen-bond donors (Lipinski definition) is 0. The fourth-order valence-electron chi connectivity index (χ4n) is 4.35. The Hall–Kier alpha value is -2.61. The highest BCUT2D eigenvalue weighted by Crippen LogP contribution is 2.32. The molecular formula is C23H26N2O5. The lowest BCUT2D eigenvalue weighted by Gasteiger charge is -2.43. The molecular weight excluding hydrogens is 384 g/mol. The molecule has 0 aliphatic carbocycles. The third-order valence-corrected chi connectivity index (χ3v) is 5.75. The van der Waals surface area contributed by atoms with Gasteiger partial charge in [0.25, 0.3) is 5.91 Å². The smallest absolute Gasteiger partial charge is 0.253 e. The van der Waals surface area contributed by atoms with Gasteiger partial charge in [-0.05, 0) is 29.8 Å². The molecule has 7 nitrogen and oxygen atoms in total. The van der Waals surface area contributed by atoms with Gasteiger partial charge in [-0.25, -0.2) is 0 Å². The maximum atomic E-state index is 12.7. The Morgan fingerprint density at radius 3 is 2.63 bits per heavy atom. The maximum absolute atomic E-state index is 12.7. The highest BCUT2D eigenvalue weighted by molar-refractivity contribution is 5.94. The minimum Gasteiger partial charge on any atom is -0.486 e. The molecule has 1 unspecified atom stereocenters. The Labute approximate surface area is 176 Å². The number of ether oxygens (including phenoxy) is 4. The Balaban J connectivity index is 1.33. The van der Waals surface area contributed by atoms with E-state index in [4.69, 9.17) is 18.9 Å². The van der Waals surface area contributed by atoms with E-state index in [0.29, 0.717) is 39.5 Å². The lowest BCUT2D eigenvalue weighted by Crippen LogP contribution is -2.59. The quantitative estimate of drug-likeness (QED) is 0.772. The third-order valence-electron chi connectivity index (χ3n) is 5.75. The number of hydrogen-bond acceptors (Lipinski definition) is 6. The van der Waals surface area contributed by atoms with Crippen LogP contribution in [0.1, 0.15) is 5.56 Å². The minimum atomic E-state index is -0.548. The first-order chi connectivity index (χ1) is 14.7. The van der Waals surface area contributed by atoms with Gasteiger partial charge in [0, 0.05) is 25.3 Å². The van der Waals surface area contributed by atoms with Crippen molar-refractivity contribution in [2.45, 2.75) is 12.1 Å². The largest absolute Gasteiger partial charge is 0.486 e. The molecule has 1 amide bonds. The summed E-state index contributed by atoms with van der Waals surface area (Å²) in [5, 5.41) is 0. The minimum absolute atomic E-state index is 0.0364. The second-order valence-electron chi connectivity index (χ2n) is 8.03. The van der Waals surface area contributed by atoms with Gasteiger partial charge in [-0.3, -0.25) is 9.69 Å². The molecule has 0 aromatic heterocycles. The first-order valence-electron chi connectivity index (χ1n) is 10.4. The zero-order valence-electron chi connectivity index (χ0n) is 16.9. The van der Waals surface area contributed by atoms with E-state index in [1.165, 1.54) is 5.56 Å². The summed E-state index contributed by atoms with van der Waals surface area (Å²) < 4.78 is 23.3. The van der Waals surface area contributed by atoms with Gasteiger partial charge >= 0.3 is 0 Å². The van der Waals surface area contributed by atoms with E-state index in [1.54, 1.807) is 4.90 Å². The van der Waals surface area contributed by atoms with Gasteiger partial charge in [0.2, 0.25) is 0 Å². The van der Waals surface area contributed by atoms with Crippen molar-refractivity contribution in [3.63, 3.8) is 0 Å². The number of para-hydroxylation sites is 1. The van der Waals surface area contributed by atoms with Crippen LogP contribution in [0.3, 0.4) is 0 Å². The van der Waals surface area contributed by atoms with Crippen LogP contribution in [0.5, 0.6) is 11.5 Å². The van der Waals surface area contributed by atoms with Crippen molar-refractivity contribution in [1.82, 2.24) is 4.90 Å². The number of benzene rings is 2. The van der Waals surface area contributed by atoms with Crippen LogP contribution < -0.4 is 14.4 Å². The molecule has 0 bridgehead atoms. The number of morpholine rings is 1. The molecule has 0 radical (unpaired) electrons. The van der Waals surface area contributed by atoms with Gasteiger partial charge in [0.1, 0.15) is 25.4 Å². The number of rotatable bonds is 3. The van der Waals surface area contributed by atoms with Crippen LogP contribution in [0.15, 0.2) is 48.5 Å². The van der Waals surface area contributed by atoms with Crippen molar-refractivity contribution in [2.75, 3.05) is 57.6 Å². The van der Waals surface area contributed by atoms with E-state index in [2.05, 4.69) is 17.0 Å². The molecule has 3 aliphatic rings. The number of carbonyl (C=O) groups is 1. The predicted molar refractivity (Wildman–Crippen MR) is 111 cm³/mol. The van der Waals surface area contributed by atoms with E-state index in [-0.39, 0.29) is 12.5 Å². The zero-order chi connectivity index (χ0) is 20.4. The molecule has 0 N–H and O–H groups in total. The molecule has 2 aromatic rings. The van der Waals surface area contributed by atoms with E-state index < -0.39 is 5.60 Å². The number of carbonyl (C=O) groups excluding carboxylic acids is 1. The Morgan fingerprint density at radius 1 is 0.933 bits per heavy atom. The van der Waals surface area contributed by atoms with Gasteiger partial charge in [-0.15, -0.1) is 0 Å². The molecule has 7 heteroatoms. The van der Waals surface area contributed by atoms with Crippen molar-refractivity contribution < 1.29 is 23.7 Å². The summed E-state index contributed by atoms with van der Waals surface area (Å²) in [7, 11) is 0. The van der Waals surface area contributed by atoms with Crippen molar-refractivity contribution in [3.05, 3.63) is 54.1 Å². The normalized spacial score (nSPS) is 24.7. The van der Waals surface area contributed by atoms with Gasteiger partial charge in [0.05, 0.1) is 19.8 Å². The van der Waals surface area contributed by atoms with E-state index in [1.807, 2.05) is 36.4 Å². The van der Waals surface area contributed by atoms with E-state index in [9.17, 15) is 4.79 Å². The van der Waals surface area contributed by atoms with Crippen LogP contribution in [-0.4, -0.2) is 69.1 Å². The summed E-state index contributed by atoms with van der Waals surface area (Å²) in [6.45, 7) is 5.03. The number of nitrogens with zero attached hydrogens (tertiary/aromatic N) is 2. The third kappa shape index (κ3) is 4.01. The van der Waals surface area contributed by atoms with Crippen LogP contribution in [0, 0.1) is 0 Å². The number of anilines is 1. The van der Waals surface area contributed by atoms with Crippen molar-refractivity contribution >= 4 is 11.6 Å². The average molecular weight is 410 g/mol. The second-order valence-corrected chi connectivity index (χ2v) is 8.03. The molecule has 158 valence electrons. The van der Waals surface area contributed by atoms with Crippen molar-refractivity contribution in [2.24, 2.45) is 0 Å². The van der Waals surface area contributed by atoms with Crippen LogP contribution >= 0.6 is 0 Å². The maximum Gasteiger partial charge on any atom is 0.253 e. The zero-order valence-corrected chi connectivity index (χ0v) is 16.9. The lowest BCUT2D eigenvalue weighted by molar-refractivity contribution is -0.135. The molecule has 2 aromatic carbocycles. The lowest BCUT2D eigenvalue weighted by atomic mass is 10.0. The summed E-state index contributed by atoms with van der Waals surface area (Å²) in [4.78, 5) is 16.8. The summed E-state index contributed by atoms with van der Waals surface area (Å²) >= 11 is 0. The molecule has 1 atom stereocenters. The van der Waals surface area contributed by atoms with E-state index in [0.717, 1.165) is 30.3 Å². The fraction of sp³-hybridized carbons (Fsp3) is 0.435. The first kappa shape index (κ1) is 19.4. The van der Waals surface area contributed by atoms with Crippen molar-refractivity contribution in [3.8, 4) is 11.5 Å². The molecule has 1 spiro atoms. The molecule has 2 fully saturated rings. The average Bonchev–Trinajstić information content (AvgIpc) is 2.93. The van der Waals surface area contributed by atoms with Crippen LogP contribution in [0.2, 0.25) is 0 Å². The number of amides is 1. The molecule has 5 rings (SSSR count). The van der Waals surface area contributed by atoms with Crippen LogP contribution in [-0.2, 0) is 20.8 Å². The first-order valence-corrected chi connectivity index (χ1v) is 10.4. The van der Waals surface area contributed by atoms with Crippen LogP contribution in [0.4, 0.5) is 5.69 Å². The Bertz CT molecular complexity index is 906. The van der Waals surface area contributed by atoms with Gasteiger partial charge < -0.3 is 23.8 Å². The van der Waals surface area contributed by atoms with Crippen molar-refractivity contribution in [1.29, 1.82) is 0 Å². The standard InChI is InChI=1S/C23H26N2O5/c26-22-14-27-17-23(16-25(22)19-4-2-1-3-5-19)15-24(8-9-30-23)13-18-6-7-20-21(12-18)29-11-10-28-20/h1-7,12H,8-11,13-17H2. The van der Waals surface area contributed by atoms with Gasteiger partial charge in [-0.1, -0.05) is 24.3 Å². The molecule has 3 aliphatic heterocycles. The van der Waals surface area contributed by atoms with Gasteiger partial charge in [-0.2, -0.15) is 0 Å². The molecule has 30 heavy (non-hydrogen) atoms. The molecule has 3 heterocycles. The van der Waals surface area contributed by atoms with Crippen LogP contribution in [0.25, 0.3) is 0 Å². The van der Waals surface area contributed by atoms with Gasteiger partial charge in [0.15, 0.2) is 11.5 Å². The predicted octanol–water partition coefficient (Wildman–Crippen LogP) is 2.09. The Morgan fingerprint density at radius 2 is 1.77 bits per heavy atom. The topological polar surface area (TPSA) is 60.5 Å². The second kappa shape index (κ2) is 8.26. The van der Waals surface area contributed by atoms with E-state index >= 15 is 0 Å². The number of fused-ring (bicyclic) bond motifs is 1. The fourth-order valence-corrected chi connectivity index (χ4v) is 4.35. The summed E-state index contributed by atoms with van der Waals surface area (Å²) in [6.07, 6.45) is 0. The molecule has 0 saturated carbocycles. The summed E-state index contributed by atoms with van der Waals surface area (Å²) in [5.74, 6) is 1.57. The monoisotopic (exact) mass is 410 g/mol.